The van der Waals surface area contributed by atoms with Crippen LogP contribution in [0.5, 0.6) is 0 Å². The second-order valence-electron chi connectivity index (χ2n) is 3.43. The summed E-state index contributed by atoms with van der Waals surface area (Å²) in [6, 6.07) is 8.57. The quantitative estimate of drug-likeness (QED) is 0.335. The lowest BCUT2D eigenvalue weighted by Crippen LogP contribution is -2.39. The second kappa shape index (κ2) is 6.48. The molecule has 96 valence electrons. The molecule has 0 radical (unpaired) electrons. The zero-order valence-electron chi connectivity index (χ0n) is 9.76. The number of esters is 1. The molecule has 1 rings (SSSR count). The van der Waals surface area contributed by atoms with Crippen molar-refractivity contribution in [3.05, 3.63) is 35.9 Å². The fourth-order valence-corrected chi connectivity index (χ4v) is 1.30. The Morgan fingerprint density at radius 2 is 1.83 bits per heavy atom. The molecule has 0 fully saturated rings. The number of methoxy groups -OCH3 is 1. The van der Waals surface area contributed by atoms with Crippen LogP contribution < -0.4 is 0 Å². The lowest BCUT2D eigenvalue weighted by atomic mass is 10.2. The number of carbonyl (C=O) groups excluding carboxylic acids is 3. The number of carbonyl (C=O) groups is 3. The Morgan fingerprint density at radius 3 is 2.33 bits per heavy atom. The van der Waals surface area contributed by atoms with Crippen LogP contribution in [0.15, 0.2) is 30.3 Å². The zero-order valence-corrected chi connectivity index (χ0v) is 9.76. The first-order valence-corrected chi connectivity index (χ1v) is 5.11. The molecule has 0 bridgehead atoms. The topological polar surface area (TPSA) is 63.7 Å². The first kappa shape index (κ1) is 13.8. The van der Waals surface area contributed by atoms with E-state index in [-0.39, 0.29) is 6.54 Å². The van der Waals surface area contributed by atoms with Crippen LogP contribution in [-0.2, 0) is 25.7 Å². The molecular weight excluding hydrogens is 241 g/mol. The van der Waals surface area contributed by atoms with Gasteiger partial charge in [0.25, 0.3) is 0 Å². The molecule has 0 aliphatic heterocycles. The molecule has 1 aromatic carbocycles. The van der Waals surface area contributed by atoms with Crippen LogP contribution >= 0.6 is 0 Å². The highest BCUT2D eigenvalue weighted by Gasteiger charge is 2.28. The maximum Gasteiger partial charge on any atom is 0.384 e. The van der Waals surface area contributed by atoms with Gasteiger partial charge in [0.05, 0.1) is 7.11 Å². The first-order chi connectivity index (χ1) is 8.60. The van der Waals surface area contributed by atoms with Crippen LogP contribution in [0.2, 0.25) is 0 Å². The summed E-state index contributed by atoms with van der Waals surface area (Å²) < 4.78 is 16.8. The third-order valence-corrected chi connectivity index (χ3v) is 2.21. The van der Waals surface area contributed by atoms with Crippen molar-refractivity contribution < 1.29 is 23.5 Å². The van der Waals surface area contributed by atoms with E-state index in [0.29, 0.717) is 10.5 Å². The van der Waals surface area contributed by atoms with Crippen molar-refractivity contribution in [2.24, 2.45) is 0 Å². The van der Waals surface area contributed by atoms with Gasteiger partial charge in [-0.3, -0.25) is 9.59 Å². The Kier molecular flexibility index (Phi) is 4.98. The minimum atomic E-state index is -1.38. The van der Waals surface area contributed by atoms with Crippen molar-refractivity contribution in [2.75, 3.05) is 13.9 Å². The zero-order chi connectivity index (χ0) is 13.5. The maximum atomic E-state index is 12.7. The first-order valence-electron chi connectivity index (χ1n) is 5.11. The molecule has 0 aliphatic carbocycles. The van der Waals surface area contributed by atoms with Crippen molar-refractivity contribution >= 4 is 17.7 Å². The van der Waals surface area contributed by atoms with Gasteiger partial charge >= 0.3 is 17.7 Å². The molecule has 6 heteroatoms. The van der Waals surface area contributed by atoms with E-state index in [4.69, 9.17) is 0 Å². The molecule has 5 nitrogen and oxygen atoms in total. The molecule has 1 aromatic rings. The molecule has 18 heavy (non-hydrogen) atoms. The Morgan fingerprint density at radius 1 is 1.22 bits per heavy atom. The summed E-state index contributed by atoms with van der Waals surface area (Å²) in [5.74, 6) is -3.90. The average molecular weight is 253 g/mol. The number of Topliss-reactive ketones (excluding diaryl/α,β-unsaturated/α-hetero) is 1. The van der Waals surface area contributed by atoms with E-state index in [1.54, 1.807) is 30.3 Å². The smallest absolute Gasteiger partial charge is 0.384 e. The predicted octanol–water partition coefficient (Wildman–Crippen LogP) is 0.684. The molecule has 0 aliphatic rings. The molecule has 0 spiro atoms. The Balaban J connectivity index is 2.75. The van der Waals surface area contributed by atoms with Gasteiger partial charge in [-0.1, -0.05) is 30.3 Å². The molecule has 0 saturated heterocycles. The van der Waals surface area contributed by atoms with Gasteiger partial charge in [0.15, 0.2) is 6.80 Å². The Labute approximate surface area is 103 Å². The van der Waals surface area contributed by atoms with E-state index >= 15 is 0 Å². The lowest BCUT2D eigenvalue weighted by Gasteiger charge is -2.17. The number of ketones is 1. The third kappa shape index (κ3) is 3.38. The number of rotatable bonds is 5. The average Bonchev–Trinajstić information content (AvgIpc) is 2.43. The summed E-state index contributed by atoms with van der Waals surface area (Å²) in [4.78, 5) is 34.3. The fourth-order valence-electron chi connectivity index (χ4n) is 1.30. The monoisotopic (exact) mass is 253 g/mol. The van der Waals surface area contributed by atoms with Gasteiger partial charge in [0.1, 0.15) is 0 Å². The Bertz CT molecular complexity index is 447. The number of ether oxygens (including phenoxy) is 1. The highest BCUT2D eigenvalue weighted by molar-refractivity contribution is 6.61. The van der Waals surface area contributed by atoms with Crippen LogP contribution in [0.3, 0.4) is 0 Å². The minimum absolute atomic E-state index is 0.0844. The predicted molar refractivity (Wildman–Crippen MR) is 60.0 cm³/mol. The molecule has 0 aromatic heterocycles. The number of alkyl halides is 1. The minimum Gasteiger partial charge on any atom is -0.463 e. The number of amides is 1. The summed E-state index contributed by atoms with van der Waals surface area (Å²) in [5, 5.41) is 0. The third-order valence-electron chi connectivity index (χ3n) is 2.21. The highest BCUT2D eigenvalue weighted by Crippen LogP contribution is 2.05. The van der Waals surface area contributed by atoms with E-state index in [1.165, 1.54) is 0 Å². The van der Waals surface area contributed by atoms with E-state index in [0.717, 1.165) is 7.11 Å². The van der Waals surface area contributed by atoms with Crippen molar-refractivity contribution in [3.63, 3.8) is 0 Å². The van der Waals surface area contributed by atoms with Gasteiger partial charge in [0, 0.05) is 6.54 Å². The summed E-state index contributed by atoms with van der Waals surface area (Å²) in [6.07, 6.45) is 0. The molecule has 0 unspecified atom stereocenters. The van der Waals surface area contributed by atoms with Crippen LogP contribution in [-0.4, -0.2) is 36.5 Å². The normalized spacial score (nSPS) is 9.67. The van der Waals surface area contributed by atoms with Gasteiger partial charge in [-0.15, -0.1) is 0 Å². The Hall–Kier alpha value is -2.24. The maximum absolute atomic E-state index is 12.7. The number of benzene rings is 1. The van der Waals surface area contributed by atoms with Gasteiger partial charge in [-0.2, -0.15) is 0 Å². The second-order valence-corrected chi connectivity index (χ2v) is 3.43. The van der Waals surface area contributed by atoms with Crippen molar-refractivity contribution in [3.8, 4) is 0 Å². The molecule has 0 heterocycles. The standard InChI is InChI=1S/C12H12FNO4/c1-18-12(17)10(15)11(16)14(8-13)7-9-5-3-2-4-6-9/h2-6H,7-8H2,1H3. The molecule has 0 atom stereocenters. The number of halogens is 1. The molecule has 1 amide bonds. The van der Waals surface area contributed by atoms with Gasteiger partial charge in [-0.25, -0.2) is 9.18 Å². The van der Waals surface area contributed by atoms with Gasteiger partial charge < -0.3 is 9.64 Å². The van der Waals surface area contributed by atoms with Crippen molar-refractivity contribution in [1.29, 1.82) is 0 Å². The van der Waals surface area contributed by atoms with E-state index in [9.17, 15) is 18.8 Å². The summed E-state index contributed by atoms with van der Waals surface area (Å²) in [5.41, 5.74) is 0.654. The molecule has 0 saturated carbocycles. The van der Waals surface area contributed by atoms with Crippen LogP contribution in [0.1, 0.15) is 5.56 Å². The molecular formula is C12H12FNO4. The number of hydrogen-bond acceptors (Lipinski definition) is 4. The van der Waals surface area contributed by atoms with Crippen LogP contribution in [0, 0.1) is 0 Å². The lowest BCUT2D eigenvalue weighted by molar-refractivity contribution is -0.159. The van der Waals surface area contributed by atoms with Gasteiger partial charge in [-0.05, 0) is 5.56 Å². The fraction of sp³-hybridized carbons (Fsp3) is 0.250. The van der Waals surface area contributed by atoms with E-state index in [2.05, 4.69) is 4.74 Å². The number of nitrogens with zero attached hydrogens (tertiary/aromatic N) is 1. The SMILES string of the molecule is COC(=O)C(=O)C(=O)N(CF)Cc1ccccc1. The van der Waals surface area contributed by atoms with Gasteiger partial charge in [0.2, 0.25) is 0 Å². The van der Waals surface area contributed by atoms with Crippen LogP contribution in [0.25, 0.3) is 0 Å². The number of hydrogen-bond donors (Lipinski definition) is 0. The summed E-state index contributed by atoms with van der Waals surface area (Å²) in [6.45, 7) is -1.24. The van der Waals surface area contributed by atoms with Crippen LogP contribution in [0.4, 0.5) is 4.39 Å². The van der Waals surface area contributed by atoms with Crippen molar-refractivity contribution in [2.45, 2.75) is 6.54 Å². The summed E-state index contributed by atoms with van der Waals surface area (Å²) >= 11 is 0. The summed E-state index contributed by atoms with van der Waals surface area (Å²) in [7, 11) is 0.977. The molecule has 0 N–H and O–H groups in total. The highest BCUT2D eigenvalue weighted by atomic mass is 19.1. The van der Waals surface area contributed by atoms with E-state index < -0.39 is 24.5 Å². The van der Waals surface area contributed by atoms with Crippen molar-refractivity contribution in [1.82, 2.24) is 4.90 Å². The van der Waals surface area contributed by atoms with E-state index in [1.807, 2.05) is 0 Å². The largest absolute Gasteiger partial charge is 0.463 e.